The average Bonchev–Trinajstić information content (AvgIpc) is 2.38. The van der Waals surface area contributed by atoms with Gasteiger partial charge in [0.2, 0.25) is 0 Å². The lowest BCUT2D eigenvalue weighted by atomic mass is 10.0. The summed E-state index contributed by atoms with van der Waals surface area (Å²) in [6, 6.07) is 6.82. The molecule has 0 saturated heterocycles. The van der Waals surface area contributed by atoms with Crippen LogP contribution < -0.4 is 0 Å². The molecule has 0 aliphatic rings. The van der Waals surface area contributed by atoms with Crippen molar-refractivity contribution in [1.82, 2.24) is 4.90 Å². The summed E-state index contributed by atoms with van der Waals surface area (Å²) < 4.78 is 0. The molecule has 0 aromatic heterocycles. The third-order valence-electron chi connectivity index (χ3n) is 3.05. The molecule has 0 spiro atoms. The molecule has 3 nitrogen and oxygen atoms in total. The van der Waals surface area contributed by atoms with Crippen LogP contribution >= 0.6 is 11.6 Å². The average molecular weight is 270 g/mol. The van der Waals surface area contributed by atoms with Crippen molar-refractivity contribution in [2.75, 3.05) is 19.7 Å². The number of carbonyl (C=O) groups excluding carboxylic acids is 1. The molecular formula is C14H20ClNO2. The Morgan fingerprint density at radius 2 is 2.22 bits per heavy atom. The SMILES string of the molecule is CCN(CCCO)C(C)C(=O)c1cccc(Cl)c1. The predicted octanol–water partition coefficient (Wildman–Crippen LogP) is 2.62. The highest BCUT2D eigenvalue weighted by atomic mass is 35.5. The number of likely N-dealkylation sites (N-methyl/N-ethyl adjacent to an activating group) is 1. The van der Waals surface area contributed by atoms with Crippen molar-refractivity contribution in [2.24, 2.45) is 0 Å². The molecule has 0 radical (unpaired) electrons. The fourth-order valence-electron chi connectivity index (χ4n) is 1.95. The first-order chi connectivity index (χ1) is 8.60. The highest BCUT2D eigenvalue weighted by Gasteiger charge is 2.20. The maximum absolute atomic E-state index is 12.3. The maximum Gasteiger partial charge on any atom is 0.179 e. The molecule has 18 heavy (non-hydrogen) atoms. The molecule has 100 valence electrons. The zero-order valence-corrected chi connectivity index (χ0v) is 11.7. The number of rotatable bonds is 7. The summed E-state index contributed by atoms with van der Waals surface area (Å²) >= 11 is 5.89. The normalized spacial score (nSPS) is 12.7. The smallest absolute Gasteiger partial charge is 0.179 e. The van der Waals surface area contributed by atoms with Crippen molar-refractivity contribution in [3.05, 3.63) is 34.9 Å². The van der Waals surface area contributed by atoms with Gasteiger partial charge in [0, 0.05) is 23.7 Å². The number of benzene rings is 1. The summed E-state index contributed by atoms with van der Waals surface area (Å²) in [5.74, 6) is 0.0669. The van der Waals surface area contributed by atoms with E-state index in [-0.39, 0.29) is 18.4 Å². The van der Waals surface area contributed by atoms with Gasteiger partial charge in [-0.25, -0.2) is 0 Å². The summed E-state index contributed by atoms with van der Waals surface area (Å²) in [5, 5.41) is 9.43. The predicted molar refractivity (Wildman–Crippen MR) is 74.2 cm³/mol. The van der Waals surface area contributed by atoms with Gasteiger partial charge in [0.25, 0.3) is 0 Å². The van der Waals surface area contributed by atoms with E-state index in [0.717, 1.165) is 13.1 Å². The first kappa shape index (κ1) is 15.2. The van der Waals surface area contributed by atoms with E-state index in [2.05, 4.69) is 4.90 Å². The third kappa shape index (κ3) is 4.09. The number of nitrogens with zero attached hydrogens (tertiary/aromatic N) is 1. The Labute approximate surface area is 113 Å². The molecule has 0 saturated carbocycles. The van der Waals surface area contributed by atoms with E-state index in [1.54, 1.807) is 24.3 Å². The minimum atomic E-state index is -0.194. The van der Waals surface area contributed by atoms with E-state index in [9.17, 15) is 4.79 Å². The summed E-state index contributed by atoms with van der Waals surface area (Å²) in [7, 11) is 0. The molecule has 1 rings (SSSR count). The summed E-state index contributed by atoms with van der Waals surface area (Å²) in [4.78, 5) is 14.4. The number of halogens is 1. The standard InChI is InChI=1S/C14H20ClNO2/c1-3-16(8-5-9-17)11(2)14(18)12-6-4-7-13(15)10-12/h4,6-7,10-11,17H,3,5,8-9H2,1-2H3. The van der Waals surface area contributed by atoms with Crippen LogP contribution in [0.5, 0.6) is 0 Å². The van der Waals surface area contributed by atoms with Crippen molar-refractivity contribution in [1.29, 1.82) is 0 Å². The summed E-state index contributed by atoms with van der Waals surface area (Å²) in [6.07, 6.45) is 0.682. The highest BCUT2D eigenvalue weighted by Crippen LogP contribution is 2.14. The van der Waals surface area contributed by atoms with Crippen LogP contribution in [0.3, 0.4) is 0 Å². The van der Waals surface area contributed by atoms with Gasteiger partial charge in [0.15, 0.2) is 5.78 Å². The monoisotopic (exact) mass is 269 g/mol. The second-order valence-electron chi connectivity index (χ2n) is 4.26. The molecule has 1 N–H and O–H groups in total. The van der Waals surface area contributed by atoms with Gasteiger partial charge in [0.05, 0.1) is 6.04 Å². The van der Waals surface area contributed by atoms with Crippen molar-refractivity contribution >= 4 is 17.4 Å². The first-order valence-corrected chi connectivity index (χ1v) is 6.62. The number of hydrogen-bond acceptors (Lipinski definition) is 3. The second kappa shape index (κ2) is 7.52. The van der Waals surface area contributed by atoms with Crippen LogP contribution in [0.25, 0.3) is 0 Å². The first-order valence-electron chi connectivity index (χ1n) is 6.24. The van der Waals surface area contributed by atoms with E-state index in [1.165, 1.54) is 0 Å². The molecular weight excluding hydrogens is 250 g/mol. The molecule has 1 unspecified atom stereocenters. The number of hydrogen-bond donors (Lipinski definition) is 1. The lowest BCUT2D eigenvalue weighted by molar-refractivity contribution is 0.0834. The molecule has 0 amide bonds. The van der Waals surface area contributed by atoms with Crippen LogP contribution in [0.15, 0.2) is 24.3 Å². The van der Waals surface area contributed by atoms with Gasteiger partial charge in [-0.3, -0.25) is 9.69 Å². The summed E-state index contributed by atoms with van der Waals surface area (Å²) in [5.41, 5.74) is 0.637. The molecule has 0 bridgehead atoms. The second-order valence-corrected chi connectivity index (χ2v) is 4.69. The Hall–Kier alpha value is -0.900. The molecule has 1 aromatic carbocycles. The van der Waals surface area contributed by atoms with Gasteiger partial charge in [-0.05, 0) is 32.0 Å². The van der Waals surface area contributed by atoms with Crippen LogP contribution in [0, 0.1) is 0 Å². The summed E-state index contributed by atoms with van der Waals surface area (Å²) in [6.45, 7) is 5.56. The van der Waals surface area contributed by atoms with E-state index in [1.807, 2.05) is 13.8 Å². The maximum atomic E-state index is 12.3. The molecule has 1 aromatic rings. The Balaban J connectivity index is 2.75. The van der Waals surface area contributed by atoms with Crippen molar-refractivity contribution in [3.63, 3.8) is 0 Å². The minimum absolute atomic E-state index is 0.0669. The number of aliphatic hydroxyl groups is 1. The lowest BCUT2D eigenvalue weighted by Crippen LogP contribution is -2.39. The van der Waals surface area contributed by atoms with Crippen LogP contribution in [-0.4, -0.2) is 41.5 Å². The van der Waals surface area contributed by atoms with Gasteiger partial charge in [0.1, 0.15) is 0 Å². The molecule has 4 heteroatoms. The van der Waals surface area contributed by atoms with Crippen LogP contribution in [0.1, 0.15) is 30.6 Å². The quantitative estimate of drug-likeness (QED) is 0.774. The Kier molecular flexibility index (Phi) is 6.33. The zero-order valence-electron chi connectivity index (χ0n) is 10.9. The fourth-order valence-corrected chi connectivity index (χ4v) is 2.14. The van der Waals surface area contributed by atoms with E-state index in [0.29, 0.717) is 17.0 Å². The van der Waals surface area contributed by atoms with E-state index < -0.39 is 0 Å². The Bertz CT molecular complexity index is 395. The molecule has 1 atom stereocenters. The fraction of sp³-hybridized carbons (Fsp3) is 0.500. The van der Waals surface area contributed by atoms with Gasteiger partial charge >= 0.3 is 0 Å². The number of Topliss-reactive ketones (excluding diaryl/α,β-unsaturated/α-hetero) is 1. The van der Waals surface area contributed by atoms with Crippen LogP contribution in [0.4, 0.5) is 0 Å². The van der Waals surface area contributed by atoms with Gasteiger partial charge in [-0.1, -0.05) is 30.7 Å². The number of ketones is 1. The van der Waals surface area contributed by atoms with Crippen molar-refractivity contribution < 1.29 is 9.90 Å². The van der Waals surface area contributed by atoms with Gasteiger partial charge < -0.3 is 5.11 Å². The zero-order chi connectivity index (χ0) is 13.5. The largest absolute Gasteiger partial charge is 0.396 e. The lowest BCUT2D eigenvalue weighted by Gasteiger charge is -2.26. The number of aliphatic hydroxyl groups excluding tert-OH is 1. The minimum Gasteiger partial charge on any atom is -0.396 e. The van der Waals surface area contributed by atoms with Crippen LogP contribution in [-0.2, 0) is 0 Å². The van der Waals surface area contributed by atoms with Crippen molar-refractivity contribution in [2.45, 2.75) is 26.3 Å². The third-order valence-corrected chi connectivity index (χ3v) is 3.28. The van der Waals surface area contributed by atoms with Crippen molar-refractivity contribution in [3.8, 4) is 0 Å². The van der Waals surface area contributed by atoms with Gasteiger partial charge in [-0.15, -0.1) is 0 Å². The molecule has 0 heterocycles. The molecule has 0 aliphatic heterocycles. The van der Waals surface area contributed by atoms with Gasteiger partial charge in [-0.2, -0.15) is 0 Å². The van der Waals surface area contributed by atoms with E-state index >= 15 is 0 Å². The highest BCUT2D eigenvalue weighted by molar-refractivity contribution is 6.31. The Morgan fingerprint density at radius 3 is 2.78 bits per heavy atom. The Morgan fingerprint density at radius 1 is 1.50 bits per heavy atom. The molecule has 0 fully saturated rings. The topological polar surface area (TPSA) is 40.5 Å². The van der Waals surface area contributed by atoms with E-state index in [4.69, 9.17) is 16.7 Å². The van der Waals surface area contributed by atoms with Crippen LogP contribution in [0.2, 0.25) is 5.02 Å². The molecule has 0 aliphatic carbocycles. The number of carbonyl (C=O) groups is 1.